The lowest BCUT2D eigenvalue weighted by Crippen LogP contribution is -2.46. The van der Waals surface area contributed by atoms with Gasteiger partial charge in [0.15, 0.2) is 0 Å². The first-order valence-electron chi connectivity index (χ1n) is 6.36. The second kappa shape index (κ2) is 6.18. The van der Waals surface area contributed by atoms with Crippen molar-refractivity contribution in [3.63, 3.8) is 0 Å². The molecule has 2 heteroatoms. The quantitative estimate of drug-likeness (QED) is 0.813. The zero-order chi connectivity index (χ0) is 12.9. The maximum atomic E-state index is 3.34. The summed E-state index contributed by atoms with van der Waals surface area (Å²) in [5, 5.41) is 3.34. The largest absolute Gasteiger partial charge is 0.314 e. The molecule has 0 saturated heterocycles. The number of hydrogen-bond acceptors (Lipinski definition) is 2. The van der Waals surface area contributed by atoms with Crippen LogP contribution in [0, 0.1) is 6.92 Å². The minimum atomic E-state index is 0.183. The minimum absolute atomic E-state index is 0.183. The predicted molar refractivity (Wildman–Crippen MR) is 75.5 cm³/mol. The molecule has 96 valence electrons. The summed E-state index contributed by atoms with van der Waals surface area (Å²) in [5.74, 6) is 0. The van der Waals surface area contributed by atoms with E-state index in [1.165, 1.54) is 11.1 Å². The van der Waals surface area contributed by atoms with Crippen molar-refractivity contribution < 1.29 is 0 Å². The predicted octanol–water partition coefficient (Wildman–Crippen LogP) is 2.47. The van der Waals surface area contributed by atoms with E-state index in [1.807, 2.05) is 7.05 Å². The van der Waals surface area contributed by atoms with Crippen molar-refractivity contribution in [3.8, 4) is 0 Å². The Balaban J connectivity index is 2.38. The summed E-state index contributed by atoms with van der Waals surface area (Å²) < 4.78 is 0. The number of likely N-dealkylation sites (N-methyl/N-ethyl adjacent to an activating group) is 2. The van der Waals surface area contributed by atoms with Gasteiger partial charge >= 0.3 is 0 Å². The third-order valence-electron chi connectivity index (χ3n) is 3.24. The highest BCUT2D eigenvalue weighted by molar-refractivity contribution is 5.21. The van der Waals surface area contributed by atoms with Gasteiger partial charge in [0.2, 0.25) is 0 Å². The van der Waals surface area contributed by atoms with Gasteiger partial charge in [0.05, 0.1) is 0 Å². The van der Waals surface area contributed by atoms with E-state index in [0.717, 1.165) is 19.5 Å². The molecule has 0 spiro atoms. The number of hydrogen-bond donors (Lipinski definition) is 1. The lowest BCUT2D eigenvalue weighted by molar-refractivity contribution is 0.246. The fourth-order valence-corrected chi connectivity index (χ4v) is 1.91. The summed E-state index contributed by atoms with van der Waals surface area (Å²) >= 11 is 0. The molecule has 1 aromatic carbocycles. The lowest BCUT2D eigenvalue weighted by atomic mass is 10.0. The minimum Gasteiger partial charge on any atom is -0.314 e. The molecule has 0 atom stereocenters. The van der Waals surface area contributed by atoms with E-state index in [-0.39, 0.29) is 5.54 Å². The lowest BCUT2D eigenvalue weighted by Gasteiger charge is -2.30. The molecule has 1 rings (SSSR count). The highest BCUT2D eigenvalue weighted by Gasteiger charge is 2.16. The van der Waals surface area contributed by atoms with Gasteiger partial charge < -0.3 is 10.2 Å². The van der Waals surface area contributed by atoms with Crippen molar-refractivity contribution in [2.24, 2.45) is 0 Å². The van der Waals surface area contributed by atoms with Crippen molar-refractivity contribution in [1.29, 1.82) is 0 Å². The van der Waals surface area contributed by atoms with Crippen LogP contribution in [-0.2, 0) is 6.42 Å². The van der Waals surface area contributed by atoms with Gasteiger partial charge in [-0.25, -0.2) is 0 Å². The monoisotopic (exact) mass is 234 g/mol. The summed E-state index contributed by atoms with van der Waals surface area (Å²) in [6.45, 7) is 8.76. The van der Waals surface area contributed by atoms with E-state index in [1.54, 1.807) is 0 Å². The van der Waals surface area contributed by atoms with Crippen molar-refractivity contribution in [1.82, 2.24) is 10.2 Å². The SMILES string of the molecule is CNC(C)(C)CN(C)CCc1ccc(C)cc1. The Labute approximate surface area is 106 Å². The van der Waals surface area contributed by atoms with E-state index in [2.05, 4.69) is 62.3 Å². The molecule has 1 aromatic rings. The Bertz CT molecular complexity index is 327. The maximum Gasteiger partial charge on any atom is 0.0249 e. The molecule has 0 saturated carbocycles. The Morgan fingerprint density at radius 2 is 1.76 bits per heavy atom. The number of benzene rings is 1. The van der Waals surface area contributed by atoms with Gasteiger partial charge in [-0.2, -0.15) is 0 Å². The van der Waals surface area contributed by atoms with Gasteiger partial charge in [-0.15, -0.1) is 0 Å². The van der Waals surface area contributed by atoms with Gasteiger partial charge in [-0.3, -0.25) is 0 Å². The van der Waals surface area contributed by atoms with Gasteiger partial charge in [0, 0.05) is 18.6 Å². The van der Waals surface area contributed by atoms with Gasteiger partial charge in [0.1, 0.15) is 0 Å². The Morgan fingerprint density at radius 1 is 1.18 bits per heavy atom. The first-order chi connectivity index (χ1) is 7.93. The average Bonchev–Trinajstić information content (AvgIpc) is 2.28. The average molecular weight is 234 g/mol. The van der Waals surface area contributed by atoms with Crippen molar-refractivity contribution >= 4 is 0 Å². The van der Waals surface area contributed by atoms with Crippen LogP contribution >= 0.6 is 0 Å². The van der Waals surface area contributed by atoms with Crippen LogP contribution in [-0.4, -0.2) is 37.6 Å². The molecule has 0 amide bonds. The van der Waals surface area contributed by atoms with Crippen molar-refractivity contribution in [2.45, 2.75) is 32.7 Å². The maximum absolute atomic E-state index is 3.34. The first kappa shape index (κ1) is 14.2. The van der Waals surface area contributed by atoms with Gasteiger partial charge in [0.25, 0.3) is 0 Å². The Hall–Kier alpha value is -0.860. The van der Waals surface area contributed by atoms with Crippen LogP contribution in [0.1, 0.15) is 25.0 Å². The van der Waals surface area contributed by atoms with Crippen LogP contribution in [0.25, 0.3) is 0 Å². The summed E-state index contributed by atoms with van der Waals surface area (Å²) in [6.07, 6.45) is 1.12. The molecule has 0 heterocycles. The molecular formula is C15H26N2. The molecule has 17 heavy (non-hydrogen) atoms. The van der Waals surface area contributed by atoms with E-state index in [9.17, 15) is 0 Å². The summed E-state index contributed by atoms with van der Waals surface area (Å²) in [4.78, 5) is 2.39. The Morgan fingerprint density at radius 3 is 2.29 bits per heavy atom. The van der Waals surface area contributed by atoms with E-state index in [0.29, 0.717) is 0 Å². The summed E-state index contributed by atoms with van der Waals surface area (Å²) in [7, 11) is 4.21. The van der Waals surface area contributed by atoms with Crippen molar-refractivity contribution in [3.05, 3.63) is 35.4 Å². The van der Waals surface area contributed by atoms with Crippen LogP contribution in [0.3, 0.4) is 0 Å². The molecule has 0 aromatic heterocycles. The molecular weight excluding hydrogens is 208 g/mol. The molecule has 0 aliphatic heterocycles. The highest BCUT2D eigenvalue weighted by Crippen LogP contribution is 2.07. The highest BCUT2D eigenvalue weighted by atomic mass is 15.1. The normalized spacial score (nSPS) is 12.1. The first-order valence-corrected chi connectivity index (χ1v) is 6.36. The fraction of sp³-hybridized carbons (Fsp3) is 0.600. The smallest absolute Gasteiger partial charge is 0.0249 e. The van der Waals surface area contributed by atoms with Crippen LogP contribution in [0.5, 0.6) is 0 Å². The van der Waals surface area contributed by atoms with Crippen LogP contribution < -0.4 is 5.32 Å². The third kappa shape index (κ3) is 5.33. The molecule has 0 bridgehead atoms. The van der Waals surface area contributed by atoms with Gasteiger partial charge in [-0.05, 0) is 46.9 Å². The Kier molecular flexibility index (Phi) is 5.16. The zero-order valence-corrected chi connectivity index (χ0v) is 11.9. The number of nitrogens with zero attached hydrogens (tertiary/aromatic N) is 1. The van der Waals surface area contributed by atoms with Crippen LogP contribution in [0.4, 0.5) is 0 Å². The summed E-state index contributed by atoms with van der Waals surface area (Å²) in [6, 6.07) is 8.83. The van der Waals surface area contributed by atoms with Crippen LogP contribution in [0.2, 0.25) is 0 Å². The molecule has 0 unspecified atom stereocenters. The number of rotatable bonds is 6. The third-order valence-corrected chi connectivity index (χ3v) is 3.24. The molecule has 0 aliphatic carbocycles. The van der Waals surface area contributed by atoms with E-state index < -0.39 is 0 Å². The molecule has 0 radical (unpaired) electrons. The zero-order valence-electron chi connectivity index (χ0n) is 11.9. The second-order valence-electron chi connectivity index (χ2n) is 5.61. The topological polar surface area (TPSA) is 15.3 Å². The number of nitrogens with one attached hydrogen (secondary N) is 1. The van der Waals surface area contributed by atoms with E-state index in [4.69, 9.17) is 0 Å². The van der Waals surface area contributed by atoms with Crippen LogP contribution in [0.15, 0.2) is 24.3 Å². The molecule has 2 nitrogen and oxygen atoms in total. The second-order valence-corrected chi connectivity index (χ2v) is 5.61. The molecule has 0 fully saturated rings. The number of aryl methyl sites for hydroxylation is 1. The molecule has 1 N–H and O–H groups in total. The van der Waals surface area contributed by atoms with Gasteiger partial charge in [-0.1, -0.05) is 29.8 Å². The van der Waals surface area contributed by atoms with E-state index >= 15 is 0 Å². The molecule has 0 aliphatic rings. The summed E-state index contributed by atoms with van der Waals surface area (Å²) in [5.41, 5.74) is 2.94. The van der Waals surface area contributed by atoms with Crippen molar-refractivity contribution in [2.75, 3.05) is 27.2 Å². The fourth-order valence-electron chi connectivity index (χ4n) is 1.91. The standard InChI is InChI=1S/C15H26N2/c1-13-6-8-14(9-7-13)10-11-17(5)12-15(2,3)16-4/h6-9,16H,10-12H2,1-5H3.